The first-order valence-corrected chi connectivity index (χ1v) is 5.38. The monoisotopic (exact) mass is 176 g/mol. The van der Waals surface area contributed by atoms with E-state index in [1.807, 2.05) is 6.34 Å². The molecule has 2 saturated carbocycles. The molecule has 13 heavy (non-hydrogen) atoms. The topological polar surface area (TPSA) is 24.4 Å². The highest BCUT2D eigenvalue weighted by atomic mass is 15.0. The molecular formula is C11H16N2. The number of hydrogen-bond acceptors (Lipinski definition) is 2. The molecule has 2 aliphatic carbocycles. The predicted molar refractivity (Wildman–Crippen MR) is 53.6 cm³/mol. The summed E-state index contributed by atoms with van der Waals surface area (Å²) in [6.07, 6.45) is 13.2. The van der Waals surface area contributed by atoms with Crippen LogP contribution in [0, 0.1) is 11.8 Å². The van der Waals surface area contributed by atoms with Gasteiger partial charge in [-0.2, -0.15) is 0 Å². The molecule has 0 aromatic heterocycles. The molecule has 0 aromatic carbocycles. The Hall–Kier alpha value is -0.790. The molecule has 3 aliphatic rings. The van der Waals surface area contributed by atoms with Gasteiger partial charge in [0.2, 0.25) is 0 Å². The Morgan fingerprint density at radius 3 is 3.00 bits per heavy atom. The van der Waals surface area contributed by atoms with Gasteiger partial charge in [0.15, 0.2) is 0 Å². The molecule has 3 unspecified atom stereocenters. The Balaban J connectivity index is 1.83. The molecule has 1 aliphatic heterocycles. The van der Waals surface area contributed by atoms with Crippen LogP contribution in [0.1, 0.15) is 32.1 Å². The van der Waals surface area contributed by atoms with E-state index in [9.17, 15) is 0 Å². The molecule has 3 atom stereocenters. The van der Waals surface area contributed by atoms with Gasteiger partial charge in [0.05, 0.1) is 11.9 Å². The minimum Gasteiger partial charge on any atom is -0.353 e. The molecule has 1 N–H and O–H groups in total. The van der Waals surface area contributed by atoms with Crippen LogP contribution in [-0.2, 0) is 0 Å². The van der Waals surface area contributed by atoms with Crippen LogP contribution in [0.5, 0.6) is 0 Å². The van der Waals surface area contributed by atoms with Crippen LogP contribution >= 0.6 is 0 Å². The molecule has 0 radical (unpaired) electrons. The van der Waals surface area contributed by atoms with Gasteiger partial charge in [-0.05, 0) is 37.2 Å². The second kappa shape index (κ2) is 2.60. The lowest BCUT2D eigenvalue weighted by molar-refractivity contribution is 0.0344. The Kier molecular flexibility index (Phi) is 1.52. The highest BCUT2D eigenvalue weighted by Crippen LogP contribution is 2.54. The highest BCUT2D eigenvalue weighted by Gasteiger charge is 2.52. The average molecular weight is 176 g/mol. The first-order chi connectivity index (χ1) is 6.41. The lowest BCUT2D eigenvalue weighted by atomic mass is 9.54. The molecule has 0 amide bonds. The van der Waals surface area contributed by atoms with E-state index < -0.39 is 0 Å². The fourth-order valence-electron chi connectivity index (χ4n) is 3.30. The van der Waals surface area contributed by atoms with Crippen LogP contribution < -0.4 is 5.32 Å². The highest BCUT2D eigenvalue weighted by molar-refractivity contribution is 5.59. The van der Waals surface area contributed by atoms with Gasteiger partial charge in [-0.1, -0.05) is 12.8 Å². The Morgan fingerprint density at radius 2 is 2.23 bits per heavy atom. The van der Waals surface area contributed by atoms with E-state index >= 15 is 0 Å². The molecule has 3 rings (SSSR count). The van der Waals surface area contributed by atoms with Gasteiger partial charge in [0.25, 0.3) is 0 Å². The lowest BCUT2D eigenvalue weighted by Crippen LogP contribution is -2.53. The normalized spacial score (nSPS) is 46.8. The SMILES string of the molecule is C1=CC2(CC3CCCCC32)N=CN1. The van der Waals surface area contributed by atoms with E-state index in [0.717, 1.165) is 11.8 Å². The molecule has 1 heterocycles. The minimum atomic E-state index is 0.219. The van der Waals surface area contributed by atoms with Gasteiger partial charge in [-0.25, -0.2) is 0 Å². The summed E-state index contributed by atoms with van der Waals surface area (Å²) in [4.78, 5) is 4.63. The molecule has 2 nitrogen and oxygen atoms in total. The number of nitrogens with zero attached hydrogens (tertiary/aromatic N) is 1. The van der Waals surface area contributed by atoms with Crippen LogP contribution in [0.2, 0.25) is 0 Å². The van der Waals surface area contributed by atoms with Crippen molar-refractivity contribution in [2.24, 2.45) is 16.8 Å². The van der Waals surface area contributed by atoms with E-state index in [1.165, 1.54) is 32.1 Å². The maximum atomic E-state index is 4.63. The molecular weight excluding hydrogens is 160 g/mol. The van der Waals surface area contributed by atoms with Gasteiger partial charge in [0.1, 0.15) is 0 Å². The Bertz CT molecular complexity index is 255. The molecule has 2 heteroatoms. The van der Waals surface area contributed by atoms with Crippen LogP contribution in [0.15, 0.2) is 17.3 Å². The van der Waals surface area contributed by atoms with Crippen LogP contribution in [0.25, 0.3) is 0 Å². The first kappa shape index (κ1) is 7.60. The van der Waals surface area contributed by atoms with Crippen molar-refractivity contribution >= 4 is 6.34 Å². The standard InChI is InChI=1S/C11H16N2/c1-2-4-10-9(3-1)7-11(10)5-6-12-8-13-11/h5-6,8-10H,1-4,7H2,(H,12,13). The average Bonchev–Trinajstić information content (AvgIpc) is 2.18. The molecule has 2 fully saturated rings. The van der Waals surface area contributed by atoms with Gasteiger partial charge >= 0.3 is 0 Å². The maximum absolute atomic E-state index is 4.63. The van der Waals surface area contributed by atoms with Crippen molar-refractivity contribution in [1.82, 2.24) is 5.32 Å². The summed E-state index contributed by atoms with van der Waals surface area (Å²) in [6, 6.07) is 0. The fourth-order valence-corrected chi connectivity index (χ4v) is 3.30. The predicted octanol–water partition coefficient (Wildman–Crippen LogP) is 2.08. The number of aliphatic imine (C=N–C) groups is 1. The zero-order valence-electron chi connectivity index (χ0n) is 7.87. The summed E-state index contributed by atoms with van der Waals surface area (Å²) in [5.74, 6) is 1.84. The second-order valence-electron chi connectivity index (χ2n) is 4.60. The zero-order valence-corrected chi connectivity index (χ0v) is 7.87. The van der Waals surface area contributed by atoms with Crippen molar-refractivity contribution in [3.8, 4) is 0 Å². The zero-order chi connectivity index (χ0) is 8.73. The smallest absolute Gasteiger partial charge is 0.0874 e. The summed E-state index contributed by atoms with van der Waals surface area (Å²) in [5, 5.41) is 3.03. The van der Waals surface area contributed by atoms with E-state index in [4.69, 9.17) is 0 Å². The number of fused-ring (bicyclic) bond motifs is 2. The van der Waals surface area contributed by atoms with E-state index in [0.29, 0.717) is 0 Å². The van der Waals surface area contributed by atoms with E-state index in [1.54, 1.807) is 0 Å². The quantitative estimate of drug-likeness (QED) is 0.600. The van der Waals surface area contributed by atoms with Gasteiger partial charge in [-0.15, -0.1) is 0 Å². The van der Waals surface area contributed by atoms with E-state index in [-0.39, 0.29) is 5.54 Å². The maximum Gasteiger partial charge on any atom is 0.0874 e. The number of hydrogen-bond donors (Lipinski definition) is 1. The third-order valence-electron chi connectivity index (χ3n) is 3.99. The van der Waals surface area contributed by atoms with Crippen molar-refractivity contribution in [1.29, 1.82) is 0 Å². The van der Waals surface area contributed by atoms with Crippen molar-refractivity contribution in [2.45, 2.75) is 37.6 Å². The summed E-state index contributed by atoms with van der Waals surface area (Å²) < 4.78 is 0. The minimum absolute atomic E-state index is 0.219. The molecule has 0 bridgehead atoms. The van der Waals surface area contributed by atoms with Crippen molar-refractivity contribution in [2.75, 3.05) is 0 Å². The first-order valence-electron chi connectivity index (χ1n) is 5.38. The molecule has 0 saturated heterocycles. The summed E-state index contributed by atoms with van der Waals surface area (Å²) in [5.41, 5.74) is 0.219. The largest absolute Gasteiger partial charge is 0.353 e. The van der Waals surface area contributed by atoms with Crippen LogP contribution in [0.4, 0.5) is 0 Å². The number of rotatable bonds is 0. The fraction of sp³-hybridized carbons (Fsp3) is 0.727. The van der Waals surface area contributed by atoms with Crippen molar-refractivity contribution in [3.63, 3.8) is 0 Å². The lowest BCUT2D eigenvalue weighted by Gasteiger charge is -2.54. The Morgan fingerprint density at radius 1 is 1.31 bits per heavy atom. The molecule has 1 spiro atoms. The van der Waals surface area contributed by atoms with Crippen LogP contribution in [-0.4, -0.2) is 11.9 Å². The third kappa shape index (κ3) is 0.976. The third-order valence-corrected chi connectivity index (χ3v) is 3.99. The van der Waals surface area contributed by atoms with Gasteiger partial charge in [-0.3, -0.25) is 4.99 Å². The van der Waals surface area contributed by atoms with Gasteiger partial charge < -0.3 is 5.32 Å². The summed E-state index contributed by atoms with van der Waals surface area (Å²) >= 11 is 0. The van der Waals surface area contributed by atoms with Crippen LogP contribution in [0.3, 0.4) is 0 Å². The number of nitrogens with one attached hydrogen (secondary N) is 1. The second-order valence-corrected chi connectivity index (χ2v) is 4.60. The molecule has 70 valence electrons. The van der Waals surface area contributed by atoms with Gasteiger partial charge in [0, 0.05) is 6.20 Å². The molecule has 0 aromatic rings. The van der Waals surface area contributed by atoms with Crippen molar-refractivity contribution in [3.05, 3.63) is 12.3 Å². The summed E-state index contributed by atoms with van der Waals surface area (Å²) in [6.45, 7) is 0. The summed E-state index contributed by atoms with van der Waals surface area (Å²) in [7, 11) is 0. The van der Waals surface area contributed by atoms with Crippen molar-refractivity contribution < 1.29 is 0 Å². The Labute approximate surface area is 79.1 Å². The van der Waals surface area contributed by atoms with E-state index in [2.05, 4.69) is 22.6 Å².